The van der Waals surface area contributed by atoms with Gasteiger partial charge >= 0.3 is 12.2 Å². The molecule has 228 valence electrons. The molecule has 3 aliphatic heterocycles. The molecule has 10 heteroatoms. The Balaban J connectivity index is 1.52. The second-order valence-electron chi connectivity index (χ2n) is 11.5. The molecule has 0 aromatic heterocycles. The minimum atomic E-state index is -1.35. The second kappa shape index (κ2) is 11.4. The number of hydrogen-bond acceptors (Lipinski definition) is 7. The van der Waals surface area contributed by atoms with E-state index in [9.17, 15) is 19.2 Å². The highest BCUT2D eigenvalue weighted by molar-refractivity contribution is 6.23. The fourth-order valence-electron chi connectivity index (χ4n) is 7.11. The largest absolute Gasteiger partial charge is 0.424 e. The Morgan fingerprint density at radius 1 is 1.00 bits per heavy atom. The summed E-state index contributed by atoms with van der Waals surface area (Å²) in [6.07, 6.45) is 1.39. The van der Waals surface area contributed by atoms with Gasteiger partial charge in [0.25, 0.3) is 0 Å². The summed E-state index contributed by atoms with van der Waals surface area (Å²) in [6, 6.07) is 18.5. The smallest absolute Gasteiger partial charge is 0.393 e. The van der Waals surface area contributed by atoms with E-state index in [1.807, 2.05) is 63.2 Å². The molecule has 2 aromatic rings. The number of cyclic esters (lactones) is 1. The van der Waals surface area contributed by atoms with Gasteiger partial charge in [0.15, 0.2) is 0 Å². The zero-order valence-corrected chi connectivity index (χ0v) is 25.4. The molecule has 6 rings (SSSR count). The fourth-order valence-corrected chi connectivity index (χ4v) is 7.11. The van der Waals surface area contributed by atoms with Crippen molar-refractivity contribution in [1.29, 1.82) is 0 Å². The van der Waals surface area contributed by atoms with Gasteiger partial charge in [-0.15, -0.1) is 0 Å². The van der Waals surface area contributed by atoms with Crippen molar-refractivity contribution in [2.24, 2.45) is 22.7 Å². The van der Waals surface area contributed by atoms with E-state index in [2.05, 4.69) is 0 Å². The third-order valence-corrected chi connectivity index (χ3v) is 9.26. The standard InChI is InChI=1S/C34H36N4O6/c1-5-23-24-18-19-25-26(29(40)37(28(25)39)22-16-12-9-13-17-22)27(24)34(4)31(35-20-21-14-10-8-11-15-21)44-33(42)38(34)30(23)43-32(41)36(6-2)7-3/h8-18,25-27H,5-7,19-20H2,1-4H3/t25-,26-,27+,34+/m1/s1. The summed E-state index contributed by atoms with van der Waals surface area (Å²) >= 11 is 0. The number of para-hydroxylation sites is 1. The highest BCUT2D eigenvalue weighted by Gasteiger charge is 2.68. The summed E-state index contributed by atoms with van der Waals surface area (Å²) in [7, 11) is 0. The molecule has 0 spiro atoms. The van der Waals surface area contributed by atoms with E-state index in [4.69, 9.17) is 14.5 Å². The SMILES string of the molecule is CCC1=C(OC(=O)N(CC)CC)N2C(=O)OC(=NCc3ccccc3)[C@]2(C)[C@H]2C1=CC[C@H]1C(=O)N(c3ccccc3)C(=O)[C@H]12. The Morgan fingerprint density at radius 2 is 1.66 bits per heavy atom. The predicted molar refractivity (Wildman–Crippen MR) is 163 cm³/mol. The van der Waals surface area contributed by atoms with E-state index in [0.29, 0.717) is 37.2 Å². The molecule has 10 nitrogen and oxygen atoms in total. The Kier molecular flexibility index (Phi) is 7.61. The fraction of sp³-hybridized carbons (Fsp3) is 0.382. The lowest BCUT2D eigenvalue weighted by Gasteiger charge is -2.49. The lowest BCUT2D eigenvalue weighted by molar-refractivity contribution is -0.123. The number of carbonyl (C=O) groups excluding carboxylic acids is 4. The molecular formula is C34H36N4O6. The Morgan fingerprint density at radius 3 is 2.30 bits per heavy atom. The van der Waals surface area contributed by atoms with Gasteiger partial charge in [-0.1, -0.05) is 61.5 Å². The van der Waals surface area contributed by atoms with E-state index in [-0.39, 0.29) is 30.1 Å². The van der Waals surface area contributed by atoms with Crippen LogP contribution in [0, 0.1) is 17.8 Å². The molecule has 44 heavy (non-hydrogen) atoms. The van der Waals surface area contributed by atoms with Crippen LogP contribution in [0.3, 0.4) is 0 Å². The summed E-state index contributed by atoms with van der Waals surface area (Å²) in [5.74, 6) is -2.48. The molecular weight excluding hydrogens is 560 g/mol. The van der Waals surface area contributed by atoms with Crippen molar-refractivity contribution >= 4 is 35.6 Å². The van der Waals surface area contributed by atoms with Gasteiger partial charge in [0.05, 0.1) is 24.1 Å². The van der Waals surface area contributed by atoms with E-state index in [0.717, 1.165) is 11.1 Å². The highest BCUT2D eigenvalue weighted by Crippen LogP contribution is 2.57. The number of ether oxygens (including phenoxy) is 2. The Labute approximate surface area is 256 Å². The van der Waals surface area contributed by atoms with Crippen molar-refractivity contribution in [3.05, 3.63) is 89.3 Å². The quantitative estimate of drug-likeness (QED) is 0.382. The van der Waals surface area contributed by atoms with Crippen LogP contribution in [-0.2, 0) is 25.6 Å². The number of imide groups is 1. The van der Waals surface area contributed by atoms with Crippen LogP contribution in [0.4, 0.5) is 15.3 Å². The summed E-state index contributed by atoms with van der Waals surface area (Å²) < 4.78 is 11.9. The molecule has 0 bridgehead atoms. The van der Waals surface area contributed by atoms with Gasteiger partial charge in [-0.25, -0.2) is 19.5 Å². The number of amides is 4. The van der Waals surface area contributed by atoms with E-state index >= 15 is 0 Å². The zero-order chi connectivity index (χ0) is 31.2. The van der Waals surface area contributed by atoms with Gasteiger partial charge in [-0.05, 0) is 56.9 Å². The first kappa shape index (κ1) is 29.3. The lowest BCUT2D eigenvalue weighted by Crippen LogP contribution is -2.60. The van der Waals surface area contributed by atoms with Crippen molar-refractivity contribution < 1.29 is 28.7 Å². The number of benzene rings is 2. The molecule has 1 aliphatic carbocycles. The zero-order valence-electron chi connectivity index (χ0n) is 25.4. The average Bonchev–Trinajstić information content (AvgIpc) is 3.45. The lowest BCUT2D eigenvalue weighted by atomic mass is 9.61. The van der Waals surface area contributed by atoms with E-state index < -0.39 is 35.5 Å². The monoisotopic (exact) mass is 596 g/mol. The Hall–Kier alpha value is -4.73. The van der Waals surface area contributed by atoms with Crippen LogP contribution in [0.2, 0.25) is 0 Å². The first-order valence-corrected chi connectivity index (χ1v) is 15.2. The van der Waals surface area contributed by atoms with Crippen LogP contribution in [-0.4, -0.2) is 58.3 Å². The van der Waals surface area contributed by atoms with Crippen LogP contribution in [0.15, 0.2) is 88.8 Å². The molecule has 0 radical (unpaired) electrons. The summed E-state index contributed by atoms with van der Waals surface area (Å²) in [6.45, 7) is 8.50. The van der Waals surface area contributed by atoms with E-state index in [1.54, 1.807) is 31.2 Å². The molecule has 2 aromatic carbocycles. The van der Waals surface area contributed by atoms with Gasteiger partial charge in [-0.3, -0.25) is 14.5 Å². The average molecular weight is 597 g/mol. The number of carbonyl (C=O) groups is 4. The third kappa shape index (κ3) is 4.42. The van der Waals surface area contributed by atoms with Crippen LogP contribution >= 0.6 is 0 Å². The topological polar surface area (TPSA) is 109 Å². The maximum absolute atomic E-state index is 14.3. The third-order valence-electron chi connectivity index (χ3n) is 9.26. The van der Waals surface area contributed by atoms with Crippen molar-refractivity contribution in [3.63, 3.8) is 0 Å². The number of nitrogens with zero attached hydrogens (tertiary/aromatic N) is 4. The van der Waals surface area contributed by atoms with Gasteiger partial charge in [0, 0.05) is 24.6 Å². The predicted octanol–water partition coefficient (Wildman–Crippen LogP) is 5.66. The molecule has 0 saturated carbocycles. The van der Waals surface area contributed by atoms with Crippen molar-refractivity contribution in [2.75, 3.05) is 18.0 Å². The molecule has 4 amide bonds. The number of hydrogen-bond donors (Lipinski definition) is 0. The van der Waals surface area contributed by atoms with Gasteiger partial charge in [0.1, 0.15) is 5.54 Å². The summed E-state index contributed by atoms with van der Waals surface area (Å²) in [4.78, 5) is 64.2. The molecule has 0 unspecified atom stereocenters. The van der Waals surface area contributed by atoms with Gasteiger partial charge in [0.2, 0.25) is 23.6 Å². The van der Waals surface area contributed by atoms with Gasteiger partial charge in [-0.2, -0.15) is 0 Å². The Bertz CT molecular complexity index is 1600. The summed E-state index contributed by atoms with van der Waals surface area (Å²) in [5, 5.41) is 0. The van der Waals surface area contributed by atoms with Crippen LogP contribution in [0.1, 0.15) is 46.1 Å². The maximum Gasteiger partial charge on any atom is 0.424 e. The maximum atomic E-state index is 14.3. The number of fused-ring (bicyclic) bond motifs is 5. The molecule has 4 aliphatic rings. The van der Waals surface area contributed by atoms with Crippen LogP contribution in [0.5, 0.6) is 0 Å². The van der Waals surface area contributed by atoms with Crippen LogP contribution < -0.4 is 4.90 Å². The highest BCUT2D eigenvalue weighted by atomic mass is 16.6. The minimum absolute atomic E-state index is 0.0828. The molecule has 2 fully saturated rings. The van der Waals surface area contributed by atoms with Crippen molar-refractivity contribution in [3.8, 4) is 0 Å². The molecule has 3 heterocycles. The first-order valence-electron chi connectivity index (χ1n) is 15.2. The number of anilines is 1. The number of aliphatic imine (C=N–C) groups is 1. The normalized spacial score (nSPS) is 26.7. The van der Waals surface area contributed by atoms with Crippen LogP contribution in [0.25, 0.3) is 0 Å². The number of rotatable bonds is 7. The number of allylic oxidation sites excluding steroid dienone is 2. The first-order chi connectivity index (χ1) is 21.3. The second-order valence-corrected chi connectivity index (χ2v) is 11.5. The van der Waals surface area contributed by atoms with Crippen molar-refractivity contribution in [1.82, 2.24) is 9.80 Å². The minimum Gasteiger partial charge on any atom is -0.393 e. The molecule has 2 saturated heterocycles. The van der Waals surface area contributed by atoms with Gasteiger partial charge < -0.3 is 14.4 Å². The molecule has 0 N–H and O–H groups in total. The van der Waals surface area contributed by atoms with Crippen molar-refractivity contribution in [2.45, 2.75) is 52.6 Å². The van der Waals surface area contributed by atoms with E-state index in [1.165, 1.54) is 14.7 Å². The summed E-state index contributed by atoms with van der Waals surface area (Å²) in [5.41, 5.74) is 1.48. The molecule has 4 atom stereocenters.